The highest BCUT2D eigenvalue weighted by Gasteiger charge is 2.28. The third kappa shape index (κ3) is 4.32. The van der Waals surface area contributed by atoms with E-state index in [0.29, 0.717) is 11.5 Å². The van der Waals surface area contributed by atoms with Gasteiger partial charge in [0.25, 0.3) is 0 Å². The van der Waals surface area contributed by atoms with Crippen molar-refractivity contribution < 1.29 is 4.52 Å². The first-order valence-electron chi connectivity index (χ1n) is 7.91. The highest BCUT2D eigenvalue weighted by Crippen LogP contribution is 2.34. The largest absolute Gasteiger partial charge is 0.360 e. The lowest BCUT2D eigenvalue weighted by Gasteiger charge is -2.38. The molecule has 4 heteroatoms. The molecule has 1 fully saturated rings. The van der Waals surface area contributed by atoms with Gasteiger partial charge in [0.2, 0.25) is 0 Å². The van der Waals surface area contributed by atoms with Crippen LogP contribution in [0.2, 0.25) is 0 Å². The van der Waals surface area contributed by atoms with E-state index in [-0.39, 0.29) is 0 Å². The van der Waals surface area contributed by atoms with E-state index in [0.717, 1.165) is 24.5 Å². The maximum atomic E-state index is 5.45. The lowest BCUT2D eigenvalue weighted by atomic mass is 9.78. The fraction of sp³-hybridized carbons (Fsp3) is 0.812. The summed E-state index contributed by atoms with van der Waals surface area (Å²) >= 11 is 0. The van der Waals surface area contributed by atoms with Gasteiger partial charge in [-0.1, -0.05) is 39.3 Å². The lowest BCUT2D eigenvalue weighted by Crippen LogP contribution is -2.37. The second-order valence-corrected chi connectivity index (χ2v) is 6.76. The van der Waals surface area contributed by atoms with Crippen LogP contribution in [0.25, 0.3) is 0 Å². The Bertz CT molecular complexity index is 406. The molecule has 0 unspecified atom stereocenters. The van der Waals surface area contributed by atoms with Gasteiger partial charge in [0, 0.05) is 18.7 Å². The predicted octanol–water partition coefficient (Wildman–Crippen LogP) is 3.18. The van der Waals surface area contributed by atoms with Crippen LogP contribution in [-0.2, 0) is 13.1 Å². The van der Waals surface area contributed by atoms with Crippen LogP contribution in [0.4, 0.5) is 0 Å². The van der Waals surface area contributed by atoms with Gasteiger partial charge in [-0.05, 0) is 31.3 Å². The maximum absolute atomic E-state index is 5.45. The first kappa shape index (κ1) is 15.5. The number of nitrogens with one attached hydrogen (secondary N) is 1. The van der Waals surface area contributed by atoms with Crippen molar-refractivity contribution in [2.75, 3.05) is 13.1 Å². The van der Waals surface area contributed by atoms with Gasteiger partial charge in [-0.25, -0.2) is 0 Å². The predicted molar refractivity (Wildman–Crippen MR) is 81.4 cm³/mol. The van der Waals surface area contributed by atoms with E-state index in [1.54, 1.807) is 0 Å². The van der Waals surface area contributed by atoms with Gasteiger partial charge in [-0.2, -0.15) is 0 Å². The topological polar surface area (TPSA) is 41.3 Å². The first-order valence-corrected chi connectivity index (χ1v) is 7.91. The molecule has 0 radical (unpaired) electrons. The summed E-state index contributed by atoms with van der Waals surface area (Å²) in [6, 6.07) is 2.56. The minimum Gasteiger partial charge on any atom is -0.360 e. The summed E-state index contributed by atoms with van der Waals surface area (Å²) in [6.45, 7) is 13.0. The normalized spacial score (nSPS) is 19.6. The quantitative estimate of drug-likeness (QED) is 0.868. The fourth-order valence-corrected chi connectivity index (χ4v) is 2.65. The van der Waals surface area contributed by atoms with E-state index in [1.807, 2.05) is 0 Å². The number of aromatic nitrogens is 1. The Labute approximate surface area is 122 Å². The van der Waals surface area contributed by atoms with Crippen LogP contribution in [0, 0.1) is 5.41 Å². The molecule has 114 valence electrons. The minimum absolute atomic E-state index is 0.476. The number of hydrogen-bond acceptors (Lipinski definition) is 4. The van der Waals surface area contributed by atoms with Gasteiger partial charge in [0.05, 0.1) is 12.2 Å². The van der Waals surface area contributed by atoms with Crippen LogP contribution >= 0.6 is 0 Å². The molecule has 0 atom stereocenters. The Balaban J connectivity index is 1.80. The molecule has 0 aromatic carbocycles. The van der Waals surface area contributed by atoms with E-state index in [2.05, 4.69) is 49.1 Å². The SMILES string of the molecule is CCC1(C)CCN(Cc2cc(CNC(C)C)no2)CC1. The van der Waals surface area contributed by atoms with Crippen molar-refractivity contribution in [2.24, 2.45) is 5.41 Å². The Morgan fingerprint density at radius 3 is 2.70 bits per heavy atom. The molecule has 20 heavy (non-hydrogen) atoms. The molecule has 2 heterocycles. The summed E-state index contributed by atoms with van der Waals surface area (Å²) in [5.74, 6) is 0.991. The van der Waals surface area contributed by atoms with E-state index >= 15 is 0 Å². The number of rotatable bonds is 6. The van der Waals surface area contributed by atoms with Crippen molar-refractivity contribution in [3.63, 3.8) is 0 Å². The average molecular weight is 279 g/mol. The molecule has 1 N–H and O–H groups in total. The minimum atomic E-state index is 0.476. The van der Waals surface area contributed by atoms with Gasteiger partial charge in [-0.15, -0.1) is 0 Å². The van der Waals surface area contributed by atoms with Gasteiger partial charge in [0.1, 0.15) is 0 Å². The molecular formula is C16H29N3O. The van der Waals surface area contributed by atoms with Crippen LogP contribution in [-0.4, -0.2) is 29.2 Å². The zero-order valence-electron chi connectivity index (χ0n) is 13.4. The van der Waals surface area contributed by atoms with Gasteiger partial charge >= 0.3 is 0 Å². The van der Waals surface area contributed by atoms with Crippen LogP contribution in [0.15, 0.2) is 10.6 Å². The van der Waals surface area contributed by atoms with E-state index in [9.17, 15) is 0 Å². The molecule has 0 spiro atoms. The molecule has 0 saturated carbocycles. The van der Waals surface area contributed by atoms with Crippen molar-refractivity contribution in [1.29, 1.82) is 0 Å². The number of nitrogens with zero attached hydrogens (tertiary/aromatic N) is 2. The standard InChI is InChI=1S/C16H29N3O/c1-5-16(4)6-8-19(9-7-16)12-15-10-14(18-20-15)11-17-13(2)3/h10,13,17H,5-9,11-12H2,1-4H3. The number of likely N-dealkylation sites (tertiary alicyclic amines) is 1. The third-order valence-corrected chi connectivity index (χ3v) is 4.60. The molecule has 1 aliphatic heterocycles. The highest BCUT2D eigenvalue weighted by molar-refractivity contribution is 5.05. The lowest BCUT2D eigenvalue weighted by molar-refractivity contribution is 0.102. The van der Waals surface area contributed by atoms with Crippen LogP contribution < -0.4 is 5.32 Å². The molecule has 1 aliphatic rings. The van der Waals surface area contributed by atoms with Crippen molar-refractivity contribution in [3.8, 4) is 0 Å². The Kier molecular flexibility index (Phi) is 5.22. The van der Waals surface area contributed by atoms with Crippen molar-refractivity contribution in [1.82, 2.24) is 15.4 Å². The average Bonchev–Trinajstić information content (AvgIpc) is 2.87. The summed E-state index contributed by atoms with van der Waals surface area (Å²) < 4.78 is 5.45. The summed E-state index contributed by atoms with van der Waals surface area (Å²) in [5.41, 5.74) is 1.55. The molecule has 2 rings (SSSR count). The second kappa shape index (κ2) is 6.72. The van der Waals surface area contributed by atoms with Gasteiger partial charge in [-0.3, -0.25) is 4.90 Å². The Hall–Kier alpha value is -0.870. The Morgan fingerprint density at radius 2 is 2.10 bits per heavy atom. The van der Waals surface area contributed by atoms with Crippen molar-refractivity contribution >= 4 is 0 Å². The summed E-state index contributed by atoms with van der Waals surface area (Å²) in [6.07, 6.45) is 3.87. The van der Waals surface area contributed by atoms with Crippen LogP contribution in [0.1, 0.15) is 58.4 Å². The zero-order chi connectivity index (χ0) is 14.6. The molecule has 1 aromatic rings. The zero-order valence-corrected chi connectivity index (χ0v) is 13.4. The molecule has 4 nitrogen and oxygen atoms in total. The first-order chi connectivity index (χ1) is 9.50. The van der Waals surface area contributed by atoms with Crippen molar-refractivity contribution in [2.45, 2.75) is 66.1 Å². The van der Waals surface area contributed by atoms with Gasteiger partial charge < -0.3 is 9.84 Å². The van der Waals surface area contributed by atoms with Gasteiger partial charge in [0.15, 0.2) is 5.76 Å². The monoisotopic (exact) mass is 279 g/mol. The maximum Gasteiger partial charge on any atom is 0.151 e. The van der Waals surface area contributed by atoms with Crippen molar-refractivity contribution in [3.05, 3.63) is 17.5 Å². The molecule has 0 bridgehead atoms. The molecule has 1 saturated heterocycles. The van der Waals surface area contributed by atoms with E-state index < -0.39 is 0 Å². The molecular weight excluding hydrogens is 250 g/mol. The second-order valence-electron chi connectivity index (χ2n) is 6.76. The summed E-state index contributed by atoms with van der Waals surface area (Å²) in [7, 11) is 0. The highest BCUT2D eigenvalue weighted by atomic mass is 16.5. The van der Waals surface area contributed by atoms with E-state index in [4.69, 9.17) is 4.52 Å². The molecule has 1 aromatic heterocycles. The van der Waals surface area contributed by atoms with Crippen LogP contribution in [0.3, 0.4) is 0 Å². The molecule has 0 amide bonds. The summed E-state index contributed by atoms with van der Waals surface area (Å²) in [5, 5.41) is 7.50. The van der Waals surface area contributed by atoms with E-state index in [1.165, 1.54) is 32.4 Å². The smallest absolute Gasteiger partial charge is 0.151 e. The summed E-state index contributed by atoms with van der Waals surface area (Å²) in [4.78, 5) is 2.48. The fourth-order valence-electron chi connectivity index (χ4n) is 2.65. The Morgan fingerprint density at radius 1 is 1.40 bits per heavy atom. The third-order valence-electron chi connectivity index (χ3n) is 4.60. The number of piperidine rings is 1. The number of hydrogen-bond donors (Lipinski definition) is 1. The van der Waals surface area contributed by atoms with Crippen LogP contribution in [0.5, 0.6) is 0 Å². The molecule has 0 aliphatic carbocycles.